The van der Waals surface area contributed by atoms with Crippen LogP contribution in [0.1, 0.15) is 15.9 Å². The highest BCUT2D eigenvalue weighted by Gasteiger charge is 2.08. The first kappa shape index (κ1) is 18.7. The molecular weight excluding hydrogens is 362 g/mol. The molecule has 2 aromatic carbocycles. The standard InChI is InChI=1S/C21H20ClN3O2/c1-27-19-5-3-2-4-15(19)10-12-23-20-14-16(11-13-24-20)21(26)25-18-8-6-17(22)7-9-18/h2-9,11,13-14H,10,12H2,1H3,(H,23,24)(H,25,26). The van der Waals surface area contributed by atoms with Crippen LogP contribution >= 0.6 is 11.6 Å². The van der Waals surface area contributed by atoms with Crippen LogP contribution in [0, 0.1) is 0 Å². The van der Waals surface area contributed by atoms with E-state index < -0.39 is 0 Å². The molecule has 0 atom stereocenters. The van der Waals surface area contributed by atoms with Crippen molar-refractivity contribution in [3.8, 4) is 5.75 Å². The lowest BCUT2D eigenvalue weighted by atomic mass is 10.1. The van der Waals surface area contributed by atoms with Crippen LogP contribution < -0.4 is 15.4 Å². The highest BCUT2D eigenvalue weighted by Crippen LogP contribution is 2.18. The van der Waals surface area contributed by atoms with E-state index in [0.29, 0.717) is 28.6 Å². The SMILES string of the molecule is COc1ccccc1CCNc1cc(C(=O)Nc2ccc(Cl)cc2)ccn1. The van der Waals surface area contributed by atoms with Crippen LogP contribution in [0.15, 0.2) is 66.9 Å². The van der Waals surface area contributed by atoms with E-state index in [-0.39, 0.29) is 5.91 Å². The van der Waals surface area contributed by atoms with E-state index in [1.54, 1.807) is 49.7 Å². The van der Waals surface area contributed by atoms with Gasteiger partial charge >= 0.3 is 0 Å². The zero-order valence-electron chi connectivity index (χ0n) is 14.9. The molecule has 1 amide bonds. The van der Waals surface area contributed by atoms with E-state index in [0.717, 1.165) is 17.7 Å². The van der Waals surface area contributed by atoms with Gasteiger partial charge in [0.25, 0.3) is 5.91 Å². The number of rotatable bonds is 7. The number of anilines is 2. The summed E-state index contributed by atoms with van der Waals surface area (Å²) in [6, 6.07) is 18.3. The third-order valence-electron chi connectivity index (χ3n) is 4.02. The number of hydrogen-bond donors (Lipinski definition) is 2. The maximum Gasteiger partial charge on any atom is 0.255 e. The summed E-state index contributed by atoms with van der Waals surface area (Å²) in [7, 11) is 1.66. The van der Waals surface area contributed by atoms with Crippen molar-refractivity contribution in [2.24, 2.45) is 0 Å². The van der Waals surface area contributed by atoms with Gasteiger partial charge in [0.1, 0.15) is 11.6 Å². The molecule has 0 radical (unpaired) electrons. The summed E-state index contributed by atoms with van der Waals surface area (Å²) in [5, 5.41) is 6.71. The third kappa shape index (κ3) is 5.21. The molecule has 0 spiro atoms. The Hall–Kier alpha value is -3.05. The topological polar surface area (TPSA) is 63.2 Å². The molecule has 0 saturated carbocycles. The molecule has 0 bridgehead atoms. The maximum absolute atomic E-state index is 12.4. The maximum atomic E-state index is 12.4. The first-order chi connectivity index (χ1) is 13.2. The highest BCUT2D eigenvalue weighted by molar-refractivity contribution is 6.30. The van der Waals surface area contributed by atoms with Gasteiger partial charge in [0.2, 0.25) is 0 Å². The van der Waals surface area contributed by atoms with E-state index in [9.17, 15) is 4.79 Å². The predicted octanol–water partition coefficient (Wildman–Crippen LogP) is 4.65. The number of halogens is 1. The Kier molecular flexibility index (Phi) is 6.28. The van der Waals surface area contributed by atoms with E-state index in [2.05, 4.69) is 15.6 Å². The number of nitrogens with zero attached hydrogens (tertiary/aromatic N) is 1. The summed E-state index contributed by atoms with van der Waals surface area (Å²) in [6.45, 7) is 0.676. The van der Waals surface area contributed by atoms with Crippen LogP contribution in [-0.2, 0) is 6.42 Å². The van der Waals surface area contributed by atoms with Gasteiger partial charge < -0.3 is 15.4 Å². The molecule has 0 unspecified atom stereocenters. The van der Waals surface area contributed by atoms with Gasteiger partial charge in [-0.05, 0) is 54.4 Å². The third-order valence-corrected chi connectivity index (χ3v) is 4.27. The molecule has 0 aliphatic carbocycles. The molecule has 0 aliphatic heterocycles. The number of benzene rings is 2. The summed E-state index contributed by atoms with van der Waals surface area (Å²) in [6.07, 6.45) is 2.40. The minimum atomic E-state index is -0.201. The number of aromatic nitrogens is 1. The molecule has 3 aromatic rings. The van der Waals surface area contributed by atoms with E-state index >= 15 is 0 Å². The first-order valence-corrected chi connectivity index (χ1v) is 8.92. The number of carbonyl (C=O) groups excluding carboxylic acids is 1. The molecule has 0 saturated heterocycles. The normalized spacial score (nSPS) is 10.3. The van der Waals surface area contributed by atoms with Gasteiger partial charge in [0.15, 0.2) is 0 Å². The Labute approximate surface area is 163 Å². The average molecular weight is 382 g/mol. The summed E-state index contributed by atoms with van der Waals surface area (Å²) in [5.74, 6) is 1.31. The van der Waals surface area contributed by atoms with Crippen molar-refractivity contribution in [2.45, 2.75) is 6.42 Å². The molecule has 27 heavy (non-hydrogen) atoms. The van der Waals surface area contributed by atoms with Crippen LogP contribution in [0.4, 0.5) is 11.5 Å². The number of pyridine rings is 1. The molecule has 1 heterocycles. The lowest BCUT2D eigenvalue weighted by Crippen LogP contribution is -2.13. The lowest BCUT2D eigenvalue weighted by molar-refractivity contribution is 0.102. The zero-order chi connectivity index (χ0) is 19.1. The number of nitrogens with one attached hydrogen (secondary N) is 2. The van der Waals surface area contributed by atoms with Crippen LogP contribution in [0.25, 0.3) is 0 Å². The number of para-hydroxylation sites is 1. The predicted molar refractivity (Wildman–Crippen MR) is 109 cm³/mol. The minimum absolute atomic E-state index is 0.201. The Morgan fingerprint density at radius 3 is 2.67 bits per heavy atom. The smallest absolute Gasteiger partial charge is 0.255 e. The summed E-state index contributed by atoms with van der Waals surface area (Å²) in [5.41, 5.74) is 2.33. The van der Waals surface area contributed by atoms with Crippen molar-refractivity contribution in [1.29, 1.82) is 0 Å². The summed E-state index contributed by atoms with van der Waals surface area (Å²) >= 11 is 5.86. The highest BCUT2D eigenvalue weighted by atomic mass is 35.5. The monoisotopic (exact) mass is 381 g/mol. The van der Waals surface area contributed by atoms with Gasteiger partial charge in [-0.2, -0.15) is 0 Å². The number of hydrogen-bond acceptors (Lipinski definition) is 4. The second kappa shape index (κ2) is 9.05. The second-order valence-corrected chi connectivity index (χ2v) is 6.32. The summed E-state index contributed by atoms with van der Waals surface area (Å²) < 4.78 is 5.36. The van der Waals surface area contributed by atoms with Crippen LogP contribution in [0.3, 0.4) is 0 Å². The minimum Gasteiger partial charge on any atom is -0.496 e. The molecule has 5 nitrogen and oxygen atoms in total. The van der Waals surface area contributed by atoms with Gasteiger partial charge in [-0.1, -0.05) is 29.8 Å². The van der Waals surface area contributed by atoms with Crippen molar-refractivity contribution in [1.82, 2.24) is 4.98 Å². The van der Waals surface area contributed by atoms with Crippen molar-refractivity contribution < 1.29 is 9.53 Å². The zero-order valence-corrected chi connectivity index (χ0v) is 15.7. The van der Waals surface area contributed by atoms with Crippen molar-refractivity contribution in [3.63, 3.8) is 0 Å². The van der Waals surface area contributed by atoms with Gasteiger partial charge in [-0.15, -0.1) is 0 Å². The fourth-order valence-corrected chi connectivity index (χ4v) is 2.77. The largest absolute Gasteiger partial charge is 0.496 e. The Bertz CT molecular complexity index is 913. The molecule has 0 aliphatic rings. The first-order valence-electron chi connectivity index (χ1n) is 8.54. The summed E-state index contributed by atoms with van der Waals surface area (Å²) in [4.78, 5) is 16.7. The number of amides is 1. The van der Waals surface area contributed by atoms with E-state index in [1.807, 2.05) is 24.3 Å². The molecule has 6 heteroatoms. The molecule has 2 N–H and O–H groups in total. The van der Waals surface area contributed by atoms with E-state index in [1.165, 1.54) is 0 Å². The molecule has 3 rings (SSSR count). The Morgan fingerprint density at radius 1 is 1.11 bits per heavy atom. The second-order valence-electron chi connectivity index (χ2n) is 5.88. The van der Waals surface area contributed by atoms with Crippen molar-refractivity contribution >= 4 is 29.0 Å². The van der Waals surface area contributed by atoms with Crippen LogP contribution in [-0.4, -0.2) is 24.5 Å². The van der Waals surface area contributed by atoms with E-state index in [4.69, 9.17) is 16.3 Å². The van der Waals surface area contributed by atoms with Gasteiger partial charge in [0, 0.05) is 29.0 Å². The molecule has 138 valence electrons. The Morgan fingerprint density at radius 2 is 1.89 bits per heavy atom. The lowest BCUT2D eigenvalue weighted by Gasteiger charge is -2.10. The number of carbonyl (C=O) groups is 1. The molecule has 1 aromatic heterocycles. The van der Waals surface area contributed by atoms with Crippen LogP contribution in [0.5, 0.6) is 5.75 Å². The number of methoxy groups -OCH3 is 1. The fraction of sp³-hybridized carbons (Fsp3) is 0.143. The average Bonchev–Trinajstić information content (AvgIpc) is 2.70. The van der Waals surface area contributed by atoms with Crippen molar-refractivity contribution in [2.75, 3.05) is 24.3 Å². The Balaban J connectivity index is 1.59. The van der Waals surface area contributed by atoms with Gasteiger partial charge in [-0.25, -0.2) is 4.98 Å². The molecule has 0 fully saturated rings. The number of ether oxygens (including phenoxy) is 1. The van der Waals surface area contributed by atoms with Crippen molar-refractivity contribution in [3.05, 3.63) is 83.0 Å². The quantitative estimate of drug-likeness (QED) is 0.625. The molecular formula is C21H20ClN3O2. The van der Waals surface area contributed by atoms with Crippen LogP contribution in [0.2, 0.25) is 5.02 Å². The van der Waals surface area contributed by atoms with Gasteiger partial charge in [-0.3, -0.25) is 4.79 Å². The fourth-order valence-electron chi connectivity index (χ4n) is 2.64. The van der Waals surface area contributed by atoms with Gasteiger partial charge in [0.05, 0.1) is 7.11 Å².